The van der Waals surface area contributed by atoms with Gasteiger partial charge in [0.15, 0.2) is 0 Å². The molecule has 0 fully saturated rings. The Morgan fingerprint density at radius 2 is 1.77 bits per heavy atom. The van der Waals surface area contributed by atoms with Crippen LogP contribution in [0.5, 0.6) is 11.6 Å². The minimum atomic E-state index is -0.359. The van der Waals surface area contributed by atoms with Crippen molar-refractivity contribution in [3.05, 3.63) is 72.7 Å². The number of aromatic nitrogens is 3. The fourth-order valence-corrected chi connectivity index (χ4v) is 2.73. The third-order valence-electron chi connectivity index (χ3n) is 4.18. The third kappa shape index (κ3) is 4.84. The molecule has 2 aromatic heterocycles. The van der Waals surface area contributed by atoms with Crippen molar-refractivity contribution in [2.24, 2.45) is 0 Å². The van der Waals surface area contributed by atoms with Gasteiger partial charge in [-0.2, -0.15) is 0 Å². The molecule has 156 valence electrons. The number of pyridine rings is 1. The molecule has 0 radical (unpaired) electrons. The van der Waals surface area contributed by atoms with E-state index < -0.39 is 0 Å². The lowest BCUT2D eigenvalue weighted by molar-refractivity contribution is 0.252. The topological polar surface area (TPSA) is 102 Å². The van der Waals surface area contributed by atoms with Crippen molar-refractivity contribution in [2.45, 2.75) is 6.92 Å². The Morgan fingerprint density at radius 3 is 2.52 bits per heavy atom. The monoisotopic (exact) mass is 419 g/mol. The van der Waals surface area contributed by atoms with Crippen LogP contribution in [0.15, 0.2) is 71.3 Å². The number of nitrogens with one attached hydrogen (secondary N) is 2. The van der Waals surface area contributed by atoms with Crippen molar-refractivity contribution in [3.63, 3.8) is 0 Å². The van der Waals surface area contributed by atoms with Crippen molar-refractivity contribution in [1.29, 1.82) is 0 Å². The van der Waals surface area contributed by atoms with E-state index in [0.717, 1.165) is 0 Å². The zero-order valence-corrected chi connectivity index (χ0v) is 16.5. The second kappa shape index (κ2) is 9.04. The van der Waals surface area contributed by atoms with E-state index in [0.29, 0.717) is 35.0 Å². The van der Waals surface area contributed by atoms with Crippen LogP contribution in [0.4, 0.5) is 14.9 Å². The number of carbonyl (C=O) groups excluding carboxylic acids is 1. The van der Waals surface area contributed by atoms with Crippen molar-refractivity contribution in [2.75, 3.05) is 11.9 Å². The lowest BCUT2D eigenvalue weighted by Crippen LogP contribution is -2.28. The Bertz CT molecular complexity index is 1180. The van der Waals surface area contributed by atoms with E-state index in [-0.39, 0.29) is 23.6 Å². The summed E-state index contributed by atoms with van der Waals surface area (Å²) in [6.45, 7) is 2.38. The Morgan fingerprint density at radius 1 is 1.03 bits per heavy atom. The van der Waals surface area contributed by atoms with Crippen LogP contribution in [0, 0.1) is 5.82 Å². The van der Waals surface area contributed by atoms with Crippen LogP contribution < -0.4 is 15.4 Å². The van der Waals surface area contributed by atoms with Gasteiger partial charge in [0.05, 0.1) is 0 Å². The highest BCUT2D eigenvalue weighted by molar-refractivity contribution is 5.89. The molecule has 0 aliphatic rings. The Hall–Kier alpha value is -4.27. The predicted molar refractivity (Wildman–Crippen MR) is 112 cm³/mol. The Kier molecular flexibility index (Phi) is 5.84. The van der Waals surface area contributed by atoms with Crippen LogP contribution in [0.2, 0.25) is 0 Å². The van der Waals surface area contributed by atoms with Gasteiger partial charge in [0.25, 0.3) is 5.89 Å². The third-order valence-corrected chi connectivity index (χ3v) is 4.18. The lowest BCUT2D eigenvalue weighted by Gasteiger charge is -2.07. The standard InChI is InChI=1S/C22H18FN5O3/c1-2-24-22(29)26-16-9-5-14(6-10-16)19-27-28-21(31-19)18-4-3-13-25-20(18)30-17-11-7-15(23)8-12-17/h3-13H,2H2,1H3,(H2,24,26,29). The number of hydrogen-bond donors (Lipinski definition) is 2. The summed E-state index contributed by atoms with van der Waals surface area (Å²) in [6.07, 6.45) is 1.57. The Balaban J connectivity index is 1.54. The maximum Gasteiger partial charge on any atom is 0.319 e. The molecule has 0 unspecified atom stereocenters. The molecule has 4 aromatic rings. The minimum Gasteiger partial charge on any atom is -0.438 e. The molecule has 2 heterocycles. The zero-order valence-electron chi connectivity index (χ0n) is 16.5. The number of anilines is 1. The first-order valence-corrected chi connectivity index (χ1v) is 9.50. The van der Waals surface area contributed by atoms with Crippen molar-refractivity contribution in [1.82, 2.24) is 20.5 Å². The molecule has 31 heavy (non-hydrogen) atoms. The van der Waals surface area contributed by atoms with Gasteiger partial charge < -0.3 is 19.8 Å². The quantitative estimate of drug-likeness (QED) is 0.462. The molecule has 0 spiro atoms. The summed E-state index contributed by atoms with van der Waals surface area (Å²) < 4.78 is 24.7. The number of benzene rings is 2. The average Bonchev–Trinajstić information content (AvgIpc) is 3.26. The van der Waals surface area contributed by atoms with Crippen LogP contribution in [0.25, 0.3) is 22.9 Å². The summed E-state index contributed by atoms with van der Waals surface area (Å²) in [5, 5.41) is 13.6. The first-order valence-electron chi connectivity index (χ1n) is 9.50. The smallest absolute Gasteiger partial charge is 0.319 e. The first kappa shape index (κ1) is 20.0. The van der Waals surface area contributed by atoms with Gasteiger partial charge in [-0.3, -0.25) is 0 Å². The van der Waals surface area contributed by atoms with Gasteiger partial charge in [0.2, 0.25) is 11.8 Å². The van der Waals surface area contributed by atoms with Gasteiger partial charge in [-0.25, -0.2) is 14.2 Å². The highest BCUT2D eigenvalue weighted by Gasteiger charge is 2.16. The van der Waals surface area contributed by atoms with Gasteiger partial charge in [0, 0.05) is 24.0 Å². The van der Waals surface area contributed by atoms with E-state index in [4.69, 9.17) is 9.15 Å². The van der Waals surface area contributed by atoms with Gasteiger partial charge in [-0.1, -0.05) is 0 Å². The maximum absolute atomic E-state index is 13.1. The second-order valence-electron chi connectivity index (χ2n) is 6.39. The van der Waals surface area contributed by atoms with Crippen LogP contribution in [0.1, 0.15) is 6.92 Å². The second-order valence-corrected chi connectivity index (χ2v) is 6.39. The lowest BCUT2D eigenvalue weighted by atomic mass is 10.2. The summed E-state index contributed by atoms with van der Waals surface area (Å²) in [7, 11) is 0. The van der Waals surface area contributed by atoms with E-state index >= 15 is 0 Å². The SMILES string of the molecule is CCNC(=O)Nc1ccc(-c2nnc(-c3cccnc3Oc3ccc(F)cc3)o2)cc1. The summed E-state index contributed by atoms with van der Waals surface area (Å²) in [5.41, 5.74) is 1.82. The number of rotatable bonds is 6. The number of ether oxygens (including phenoxy) is 1. The van der Waals surface area contributed by atoms with Crippen molar-refractivity contribution >= 4 is 11.7 Å². The molecular weight excluding hydrogens is 401 g/mol. The van der Waals surface area contributed by atoms with E-state index in [9.17, 15) is 9.18 Å². The number of nitrogens with zero attached hydrogens (tertiary/aromatic N) is 3. The molecule has 0 aliphatic heterocycles. The molecule has 0 saturated carbocycles. The molecular formula is C22H18FN5O3. The molecule has 2 amide bonds. The number of halogens is 1. The molecule has 9 heteroatoms. The zero-order chi connectivity index (χ0) is 21.6. The molecule has 0 aliphatic carbocycles. The van der Waals surface area contributed by atoms with Crippen molar-refractivity contribution in [3.8, 4) is 34.5 Å². The van der Waals surface area contributed by atoms with E-state index in [2.05, 4.69) is 25.8 Å². The predicted octanol–water partition coefficient (Wildman–Crippen LogP) is 4.87. The van der Waals surface area contributed by atoms with Gasteiger partial charge >= 0.3 is 6.03 Å². The summed E-state index contributed by atoms with van der Waals surface area (Å²) in [5.74, 6) is 0.852. The molecule has 0 atom stereocenters. The Labute approximate surface area is 177 Å². The molecule has 4 rings (SSSR count). The molecule has 0 saturated heterocycles. The van der Waals surface area contributed by atoms with Crippen LogP contribution in [-0.4, -0.2) is 27.8 Å². The van der Waals surface area contributed by atoms with Gasteiger partial charge in [-0.15, -0.1) is 10.2 Å². The molecule has 0 bridgehead atoms. The van der Waals surface area contributed by atoms with E-state index in [1.807, 2.05) is 6.92 Å². The van der Waals surface area contributed by atoms with Crippen LogP contribution in [-0.2, 0) is 0 Å². The summed E-state index contributed by atoms with van der Waals surface area (Å²) >= 11 is 0. The number of amides is 2. The largest absolute Gasteiger partial charge is 0.438 e. The normalized spacial score (nSPS) is 10.5. The fraction of sp³-hybridized carbons (Fsp3) is 0.0909. The molecule has 2 N–H and O–H groups in total. The highest BCUT2D eigenvalue weighted by Crippen LogP contribution is 2.32. The molecule has 2 aromatic carbocycles. The van der Waals surface area contributed by atoms with E-state index in [1.54, 1.807) is 42.6 Å². The minimum absolute atomic E-state index is 0.227. The number of carbonyl (C=O) groups is 1. The van der Waals surface area contributed by atoms with Crippen LogP contribution >= 0.6 is 0 Å². The number of hydrogen-bond acceptors (Lipinski definition) is 6. The average molecular weight is 419 g/mol. The highest BCUT2D eigenvalue weighted by atomic mass is 19.1. The molecule has 8 nitrogen and oxygen atoms in total. The first-order chi connectivity index (χ1) is 15.1. The summed E-state index contributed by atoms with van der Waals surface area (Å²) in [4.78, 5) is 15.8. The number of urea groups is 1. The van der Waals surface area contributed by atoms with E-state index in [1.165, 1.54) is 24.3 Å². The maximum atomic E-state index is 13.1. The fourth-order valence-electron chi connectivity index (χ4n) is 2.73. The van der Waals surface area contributed by atoms with Crippen LogP contribution in [0.3, 0.4) is 0 Å². The van der Waals surface area contributed by atoms with Gasteiger partial charge in [-0.05, 0) is 67.6 Å². The summed E-state index contributed by atoms with van der Waals surface area (Å²) in [6, 6.07) is 15.8. The van der Waals surface area contributed by atoms with Gasteiger partial charge in [0.1, 0.15) is 17.1 Å². The van der Waals surface area contributed by atoms with Crippen molar-refractivity contribution < 1.29 is 18.3 Å².